The van der Waals surface area contributed by atoms with E-state index in [1.165, 1.54) is 6.42 Å². The summed E-state index contributed by atoms with van der Waals surface area (Å²) in [6.45, 7) is 3.56. The van der Waals surface area contributed by atoms with Gasteiger partial charge in [0.2, 0.25) is 0 Å². The van der Waals surface area contributed by atoms with Crippen LogP contribution in [-0.4, -0.2) is 36.0 Å². The third kappa shape index (κ3) is 2.68. The van der Waals surface area contributed by atoms with Crippen molar-refractivity contribution in [3.63, 3.8) is 0 Å². The molecule has 0 aromatic rings. The molecule has 0 heterocycles. The van der Waals surface area contributed by atoms with Crippen molar-refractivity contribution in [2.75, 3.05) is 13.2 Å². The monoisotopic (exact) mass is 280 g/mol. The molecule has 0 aliphatic heterocycles. The molecule has 112 valence electrons. The van der Waals surface area contributed by atoms with Gasteiger partial charge in [0.25, 0.3) is 0 Å². The molecule has 0 unspecified atom stereocenters. The van der Waals surface area contributed by atoms with Crippen molar-refractivity contribution in [1.82, 2.24) is 0 Å². The van der Waals surface area contributed by atoms with Crippen molar-refractivity contribution in [2.24, 2.45) is 11.8 Å². The fourth-order valence-electron chi connectivity index (χ4n) is 4.94. The van der Waals surface area contributed by atoms with Gasteiger partial charge >= 0.3 is 0 Å². The normalized spacial score (nSPS) is 41.9. The van der Waals surface area contributed by atoms with Crippen LogP contribution < -0.4 is 0 Å². The first-order valence-corrected chi connectivity index (χ1v) is 7.67. The van der Waals surface area contributed by atoms with Gasteiger partial charge in [-0.25, -0.2) is 0 Å². The molecule has 0 aromatic carbocycles. The Kier molecular flexibility index (Phi) is 3.49. The van der Waals surface area contributed by atoms with Gasteiger partial charge in [-0.3, -0.25) is 9.59 Å². The molecule has 4 bridgehead atoms. The standard InChI is InChI=1S/C16H24O4/c1-11(17)8-19-15-4-13-3-14(5-15)7-16(6-13,10-15)20-9-12(2)18/h13-14H,3-10H2,1-2H3. The van der Waals surface area contributed by atoms with Crippen LogP contribution in [0.15, 0.2) is 0 Å². The average Bonchev–Trinajstić information content (AvgIpc) is 2.33. The number of hydrogen-bond donors (Lipinski definition) is 0. The summed E-state index contributed by atoms with van der Waals surface area (Å²) in [6.07, 6.45) is 6.35. The second-order valence-electron chi connectivity index (χ2n) is 7.31. The van der Waals surface area contributed by atoms with E-state index in [0.717, 1.165) is 32.1 Å². The molecule has 4 aliphatic rings. The molecular formula is C16H24O4. The van der Waals surface area contributed by atoms with Crippen LogP contribution in [0, 0.1) is 11.8 Å². The summed E-state index contributed by atoms with van der Waals surface area (Å²) in [4.78, 5) is 22.5. The lowest BCUT2D eigenvalue weighted by atomic mass is 9.52. The zero-order valence-electron chi connectivity index (χ0n) is 12.4. The smallest absolute Gasteiger partial charge is 0.155 e. The van der Waals surface area contributed by atoms with E-state index in [2.05, 4.69) is 0 Å². The summed E-state index contributed by atoms with van der Waals surface area (Å²) < 4.78 is 12.0. The Labute approximate surface area is 120 Å². The van der Waals surface area contributed by atoms with E-state index in [0.29, 0.717) is 11.8 Å². The molecule has 4 nitrogen and oxygen atoms in total. The van der Waals surface area contributed by atoms with Crippen LogP contribution in [0.25, 0.3) is 0 Å². The van der Waals surface area contributed by atoms with Crippen molar-refractivity contribution >= 4 is 11.6 Å². The molecule has 0 saturated heterocycles. The van der Waals surface area contributed by atoms with E-state index in [1.54, 1.807) is 13.8 Å². The lowest BCUT2D eigenvalue weighted by molar-refractivity contribution is -0.234. The SMILES string of the molecule is CC(=O)COC12CC3CC(C1)CC(OCC(C)=O)(C3)C2. The molecule has 0 amide bonds. The second-order valence-corrected chi connectivity index (χ2v) is 7.31. The lowest BCUT2D eigenvalue weighted by Gasteiger charge is -2.61. The highest BCUT2D eigenvalue weighted by molar-refractivity contribution is 5.77. The van der Waals surface area contributed by atoms with E-state index in [1.807, 2.05) is 0 Å². The first kappa shape index (κ1) is 14.2. The highest BCUT2D eigenvalue weighted by Crippen LogP contribution is 2.60. The van der Waals surface area contributed by atoms with Crippen LogP contribution in [0.1, 0.15) is 52.4 Å². The van der Waals surface area contributed by atoms with Crippen LogP contribution in [-0.2, 0) is 19.1 Å². The summed E-state index contributed by atoms with van der Waals surface area (Å²) in [5, 5.41) is 0. The highest BCUT2D eigenvalue weighted by Gasteiger charge is 2.59. The second kappa shape index (κ2) is 4.92. The summed E-state index contributed by atoms with van der Waals surface area (Å²) in [5.41, 5.74) is -0.348. The maximum Gasteiger partial charge on any atom is 0.155 e. The minimum absolute atomic E-state index is 0.0828. The summed E-state index contributed by atoms with van der Waals surface area (Å²) >= 11 is 0. The van der Waals surface area contributed by atoms with Gasteiger partial charge in [-0.1, -0.05) is 0 Å². The minimum Gasteiger partial charge on any atom is -0.367 e. The maximum atomic E-state index is 11.2. The molecule has 0 radical (unpaired) electrons. The molecular weight excluding hydrogens is 256 g/mol. The topological polar surface area (TPSA) is 52.6 Å². The number of rotatable bonds is 6. The first-order chi connectivity index (χ1) is 9.40. The van der Waals surface area contributed by atoms with Crippen molar-refractivity contribution < 1.29 is 19.1 Å². The number of ether oxygens (including phenoxy) is 2. The van der Waals surface area contributed by atoms with Gasteiger partial charge in [0.05, 0.1) is 11.2 Å². The van der Waals surface area contributed by atoms with E-state index in [9.17, 15) is 9.59 Å². The highest BCUT2D eigenvalue weighted by atomic mass is 16.5. The molecule has 20 heavy (non-hydrogen) atoms. The summed E-state index contributed by atoms with van der Waals surface area (Å²) in [6, 6.07) is 0. The largest absolute Gasteiger partial charge is 0.367 e. The Morgan fingerprint density at radius 1 is 0.900 bits per heavy atom. The fourth-order valence-corrected chi connectivity index (χ4v) is 4.94. The number of carbonyl (C=O) groups is 2. The van der Waals surface area contributed by atoms with Crippen molar-refractivity contribution in [3.8, 4) is 0 Å². The van der Waals surface area contributed by atoms with Gasteiger partial charge in [0.1, 0.15) is 13.2 Å². The molecule has 0 spiro atoms. The lowest BCUT2D eigenvalue weighted by Crippen LogP contribution is -2.61. The van der Waals surface area contributed by atoms with Crippen LogP contribution in [0.5, 0.6) is 0 Å². The van der Waals surface area contributed by atoms with E-state index < -0.39 is 0 Å². The Hall–Kier alpha value is -0.740. The molecule has 4 saturated carbocycles. The fraction of sp³-hybridized carbons (Fsp3) is 0.875. The number of Topliss-reactive ketones (excluding diaryl/α,β-unsaturated/α-hetero) is 2. The van der Waals surface area contributed by atoms with Crippen LogP contribution >= 0.6 is 0 Å². The third-order valence-corrected chi connectivity index (χ3v) is 5.12. The van der Waals surface area contributed by atoms with E-state index >= 15 is 0 Å². The molecule has 4 aliphatic carbocycles. The Balaban J connectivity index is 1.74. The molecule has 0 aromatic heterocycles. The Morgan fingerprint density at radius 2 is 1.30 bits per heavy atom. The predicted molar refractivity (Wildman–Crippen MR) is 73.4 cm³/mol. The van der Waals surface area contributed by atoms with Crippen LogP contribution in [0.2, 0.25) is 0 Å². The third-order valence-electron chi connectivity index (χ3n) is 5.12. The Morgan fingerprint density at radius 3 is 1.65 bits per heavy atom. The molecule has 4 heteroatoms. The zero-order valence-corrected chi connectivity index (χ0v) is 12.4. The van der Waals surface area contributed by atoms with Gasteiger partial charge in [-0.15, -0.1) is 0 Å². The van der Waals surface area contributed by atoms with Crippen molar-refractivity contribution in [3.05, 3.63) is 0 Å². The van der Waals surface area contributed by atoms with Crippen LogP contribution in [0.3, 0.4) is 0 Å². The average molecular weight is 280 g/mol. The van der Waals surface area contributed by atoms with E-state index in [4.69, 9.17) is 9.47 Å². The summed E-state index contributed by atoms with van der Waals surface area (Å²) in [5.74, 6) is 1.43. The van der Waals surface area contributed by atoms with E-state index in [-0.39, 0.29) is 36.0 Å². The molecule has 4 fully saturated rings. The molecule has 0 atom stereocenters. The predicted octanol–water partition coefficient (Wildman–Crippen LogP) is 2.29. The zero-order chi connectivity index (χ0) is 14.4. The van der Waals surface area contributed by atoms with Gasteiger partial charge in [-0.05, 0) is 57.8 Å². The maximum absolute atomic E-state index is 11.2. The minimum atomic E-state index is -0.174. The Bertz CT molecular complexity index is 378. The molecule has 4 rings (SSSR count). The number of carbonyl (C=O) groups excluding carboxylic acids is 2. The quantitative estimate of drug-likeness (QED) is 0.749. The number of ketones is 2. The van der Waals surface area contributed by atoms with Gasteiger partial charge in [0, 0.05) is 6.42 Å². The van der Waals surface area contributed by atoms with Gasteiger partial charge < -0.3 is 9.47 Å². The van der Waals surface area contributed by atoms with Crippen molar-refractivity contribution in [2.45, 2.75) is 63.6 Å². The van der Waals surface area contributed by atoms with Gasteiger partial charge in [0.15, 0.2) is 11.6 Å². The van der Waals surface area contributed by atoms with Crippen LogP contribution in [0.4, 0.5) is 0 Å². The first-order valence-electron chi connectivity index (χ1n) is 7.67. The molecule has 0 N–H and O–H groups in total. The van der Waals surface area contributed by atoms with Crippen molar-refractivity contribution in [1.29, 1.82) is 0 Å². The van der Waals surface area contributed by atoms with Gasteiger partial charge in [-0.2, -0.15) is 0 Å². The summed E-state index contributed by atoms with van der Waals surface area (Å²) in [7, 11) is 0. The number of hydrogen-bond acceptors (Lipinski definition) is 4.